The lowest BCUT2D eigenvalue weighted by atomic mass is 10.2. The number of carbonyl (C=O) groups is 1. The highest BCUT2D eigenvalue weighted by atomic mass is 35.5. The SMILES string of the molecule is CC(C(=O)NCc1ccccc1Cl)N(C)Cc1ccc(Cl)s1. The largest absolute Gasteiger partial charge is 0.351 e. The molecular formula is C16H18Cl2N2OS. The number of hydrogen-bond donors (Lipinski definition) is 1. The van der Waals surface area contributed by atoms with Crippen molar-refractivity contribution < 1.29 is 4.79 Å². The first-order chi connectivity index (χ1) is 10.5. The third kappa shape index (κ3) is 4.71. The molecule has 1 amide bonds. The molecule has 118 valence electrons. The van der Waals surface area contributed by atoms with E-state index in [-0.39, 0.29) is 11.9 Å². The third-order valence-electron chi connectivity index (χ3n) is 3.49. The van der Waals surface area contributed by atoms with E-state index in [1.165, 1.54) is 11.3 Å². The Balaban J connectivity index is 1.87. The van der Waals surface area contributed by atoms with E-state index in [1.54, 1.807) is 0 Å². The minimum absolute atomic E-state index is 0.0231. The van der Waals surface area contributed by atoms with Gasteiger partial charge < -0.3 is 5.32 Å². The highest BCUT2D eigenvalue weighted by Gasteiger charge is 2.18. The zero-order chi connectivity index (χ0) is 16.1. The lowest BCUT2D eigenvalue weighted by Gasteiger charge is -2.23. The number of nitrogens with one attached hydrogen (secondary N) is 1. The van der Waals surface area contributed by atoms with Crippen molar-refractivity contribution in [2.75, 3.05) is 7.05 Å². The van der Waals surface area contributed by atoms with Gasteiger partial charge in [0.25, 0.3) is 0 Å². The van der Waals surface area contributed by atoms with E-state index < -0.39 is 0 Å². The number of hydrogen-bond acceptors (Lipinski definition) is 3. The fourth-order valence-electron chi connectivity index (χ4n) is 1.99. The molecule has 1 unspecified atom stereocenters. The number of carbonyl (C=O) groups excluding carboxylic acids is 1. The second kappa shape index (κ2) is 7.97. The van der Waals surface area contributed by atoms with Gasteiger partial charge in [0.15, 0.2) is 0 Å². The van der Waals surface area contributed by atoms with E-state index >= 15 is 0 Å². The van der Waals surface area contributed by atoms with Crippen molar-refractivity contribution in [2.24, 2.45) is 0 Å². The first-order valence-corrected chi connectivity index (χ1v) is 8.50. The molecule has 6 heteroatoms. The summed E-state index contributed by atoms with van der Waals surface area (Å²) in [4.78, 5) is 15.4. The Morgan fingerprint density at radius 2 is 2.00 bits per heavy atom. The monoisotopic (exact) mass is 356 g/mol. The van der Waals surface area contributed by atoms with Crippen molar-refractivity contribution in [3.63, 3.8) is 0 Å². The Hall–Kier alpha value is -1.07. The van der Waals surface area contributed by atoms with Gasteiger partial charge in [0.1, 0.15) is 0 Å². The summed E-state index contributed by atoms with van der Waals surface area (Å²) in [6.07, 6.45) is 0. The second-order valence-electron chi connectivity index (χ2n) is 5.11. The molecule has 0 aliphatic rings. The Morgan fingerprint density at radius 1 is 1.27 bits per heavy atom. The molecule has 1 aromatic heterocycles. The molecule has 3 nitrogen and oxygen atoms in total. The third-order valence-corrected chi connectivity index (χ3v) is 5.07. The van der Waals surface area contributed by atoms with Crippen LogP contribution in [-0.2, 0) is 17.9 Å². The maximum Gasteiger partial charge on any atom is 0.237 e. The van der Waals surface area contributed by atoms with Crippen molar-refractivity contribution in [3.05, 3.63) is 56.2 Å². The fraction of sp³-hybridized carbons (Fsp3) is 0.312. The number of rotatable bonds is 6. The van der Waals surface area contributed by atoms with Crippen LogP contribution in [0.25, 0.3) is 0 Å². The van der Waals surface area contributed by atoms with Crippen LogP contribution in [-0.4, -0.2) is 23.9 Å². The maximum absolute atomic E-state index is 12.2. The van der Waals surface area contributed by atoms with Crippen LogP contribution in [0, 0.1) is 0 Å². The molecule has 0 saturated carbocycles. The summed E-state index contributed by atoms with van der Waals surface area (Å²) in [5.41, 5.74) is 0.914. The van der Waals surface area contributed by atoms with Crippen molar-refractivity contribution in [1.29, 1.82) is 0 Å². The minimum Gasteiger partial charge on any atom is -0.351 e. The summed E-state index contributed by atoms with van der Waals surface area (Å²) >= 11 is 13.5. The number of amides is 1. The van der Waals surface area contributed by atoms with Gasteiger partial charge in [0, 0.05) is 23.0 Å². The number of thiophene rings is 1. The van der Waals surface area contributed by atoms with Crippen LogP contribution in [0.5, 0.6) is 0 Å². The van der Waals surface area contributed by atoms with Crippen LogP contribution in [0.4, 0.5) is 0 Å². The van der Waals surface area contributed by atoms with Crippen LogP contribution in [0.3, 0.4) is 0 Å². The average Bonchev–Trinajstić information content (AvgIpc) is 2.90. The molecule has 0 fully saturated rings. The van der Waals surface area contributed by atoms with Crippen LogP contribution in [0.1, 0.15) is 17.4 Å². The topological polar surface area (TPSA) is 32.3 Å². The molecule has 2 aromatic rings. The molecule has 0 aliphatic heterocycles. The standard InChI is InChI=1S/C16H18Cl2N2OS/c1-11(20(2)10-13-7-8-15(18)22-13)16(21)19-9-12-5-3-4-6-14(12)17/h3-8,11H,9-10H2,1-2H3,(H,19,21). The molecular weight excluding hydrogens is 339 g/mol. The number of likely N-dealkylation sites (N-methyl/N-ethyl adjacent to an activating group) is 1. The summed E-state index contributed by atoms with van der Waals surface area (Å²) in [7, 11) is 1.92. The Bertz CT molecular complexity index is 645. The molecule has 0 saturated heterocycles. The summed E-state index contributed by atoms with van der Waals surface area (Å²) in [5, 5.41) is 3.59. The van der Waals surface area contributed by atoms with Crippen LogP contribution in [0.15, 0.2) is 36.4 Å². The predicted molar refractivity (Wildman–Crippen MR) is 93.6 cm³/mol. The van der Waals surface area contributed by atoms with E-state index in [1.807, 2.05) is 55.3 Å². The predicted octanol–water partition coefficient (Wildman–Crippen LogP) is 4.19. The molecule has 1 heterocycles. The van der Waals surface area contributed by atoms with E-state index in [4.69, 9.17) is 23.2 Å². The van der Waals surface area contributed by atoms with Gasteiger partial charge in [-0.2, -0.15) is 0 Å². The minimum atomic E-state index is -0.233. The van der Waals surface area contributed by atoms with Gasteiger partial charge in [-0.25, -0.2) is 0 Å². The molecule has 1 aromatic carbocycles. The lowest BCUT2D eigenvalue weighted by molar-refractivity contribution is -0.125. The van der Waals surface area contributed by atoms with Gasteiger partial charge in [-0.05, 0) is 37.7 Å². The molecule has 0 aliphatic carbocycles. The number of nitrogens with zero attached hydrogens (tertiary/aromatic N) is 1. The molecule has 22 heavy (non-hydrogen) atoms. The molecule has 0 bridgehead atoms. The Labute approximate surface area is 144 Å². The lowest BCUT2D eigenvalue weighted by Crippen LogP contribution is -2.42. The van der Waals surface area contributed by atoms with Gasteiger partial charge in [0.05, 0.1) is 10.4 Å². The van der Waals surface area contributed by atoms with Crippen molar-refractivity contribution in [3.8, 4) is 0 Å². The zero-order valence-electron chi connectivity index (χ0n) is 12.5. The smallest absolute Gasteiger partial charge is 0.237 e. The Morgan fingerprint density at radius 3 is 2.64 bits per heavy atom. The summed E-state index contributed by atoms with van der Waals surface area (Å²) < 4.78 is 0.763. The van der Waals surface area contributed by atoms with E-state index in [0.29, 0.717) is 18.1 Å². The quantitative estimate of drug-likeness (QED) is 0.841. The number of benzene rings is 1. The highest BCUT2D eigenvalue weighted by Crippen LogP contribution is 2.23. The zero-order valence-corrected chi connectivity index (χ0v) is 14.8. The van der Waals surface area contributed by atoms with Gasteiger partial charge in [-0.3, -0.25) is 9.69 Å². The first-order valence-electron chi connectivity index (χ1n) is 6.93. The molecule has 2 rings (SSSR count). The highest BCUT2D eigenvalue weighted by molar-refractivity contribution is 7.16. The van der Waals surface area contributed by atoms with Gasteiger partial charge >= 0.3 is 0 Å². The van der Waals surface area contributed by atoms with Crippen molar-refractivity contribution in [2.45, 2.75) is 26.1 Å². The van der Waals surface area contributed by atoms with Crippen molar-refractivity contribution >= 4 is 40.4 Å². The molecule has 0 spiro atoms. The van der Waals surface area contributed by atoms with E-state index in [2.05, 4.69) is 5.32 Å². The maximum atomic E-state index is 12.2. The normalized spacial score (nSPS) is 12.4. The summed E-state index contributed by atoms with van der Waals surface area (Å²) in [5.74, 6) is -0.0231. The van der Waals surface area contributed by atoms with Crippen molar-refractivity contribution in [1.82, 2.24) is 10.2 Å². The van der Waals surface area contributed by atoms with Crippen LogP contribution in [0.2, 0.25) is 9.36 Å². The summed E-state index contributed by atoms with van der Waals surface area (Å²) in [6, 6.07) is 11.1. The number of halogens is 2. The van der Waals surface area contributed by atoms with E-state index in [0.717, 1.165) is 14.8 Å². The van der Waals surface area contributed by atoms with Gasteiger partial charge in [-0.15, -0.1) is 11.3 Å². The van der Waals surface area contributed by atoms with E-state index in [9.17, 15) is 4.79 Å². The molecule has 1 atom stereocenters. The molecule has 0 radical (unpaired) electrons. The van der Waals surface area contributed by atoms with Crippen LogP contribution < -0.4 is 5.32 Å². The van der Waals surface area contributed by atoms with Gasteiger partial charge in [0.2, 0.25) is 5.91 Å². The van der Waals surface area contributed by atoms with Crippen LogP contribution >= 0.6 is 34.5 Å². The fourth-order valence-corrected chi connectivity index (χ4v) is 3.35. The van der Waals surface area contributed by atoms with Gasteiger partial charge in [-0.1, -0.05) is 41.4 Å². The average molecular weight is 357 g/mol. The molecule has 1 N–H and O–H groups in total. The summed E-state index contributed by atoms with van der Waals surface area (Å²) in [6.45, 7) is 3.01. The Kier molecular flexibility index (Phi) is 6.26. The first kappa shape index (κ1) is 17.3. The second-order valence-corrected chi connectivity index (χ2v) is 7.31.